The number of anilines is 2. The van der Waals surface area contributed by atoms with Gasteiger partial charge in [-0.25, -0.2) is 23.5 Å². The maximum absolute atomic E-state index is 16.3. The number of hydrogen-bond donors (Lipinski definition) is 2. The van der Waals surface area contributed by atoms with Crippen molar-refractivity contribution in [1.82, 2.24) is 33.9 Å². The summed E-state index contributed by atoms with van der Waals surface area (Å²) in [6.45, 7) is 6.81. The van der Waals surface area contributed by atoms with Gasteiger partial charge in [0.25, 0.3) is 5.92 Å². The summed E-state index contributed by atoms with van der Waals surface area (Å²) in [7, 11) is 3.35. The van der Waals surface area contributed by atoms with Crippen molar-refractivity contribution in [2.45, 2.75) is 82.9 Å². The standard InChI is InChI=1S/C46H55F2N9O6/c1-28-18-35(51-40(19-28)45(62-4)13-17-63-27-45)34-25-56(39-22-49-41(21-33(34)39)50-29(2)58)24-31-12-14-54(26-46(31,47)48)23-30-10-15-55(16-11-30)32-8-9-36-38(20-32)53(3)44(61)57(36)37-6-5-7-42(59)52-43(37)60/h8-9,18-22,25,30-31,37H,5-7,10-17,23-24,26-27H2,1-4H3,(H,49,50,58)(H,52,59,60)/t31?,37?,45-/m0/s1. The van der Waals surface area contributed by atoms with Gasteiger partial charge in [-0.05, 0) is 93.5 Å². The number of imidazole rings is 1. The summed E-state index contributed by atoms with van der Waals surface area (Å²) in [5.41, 5.74) is 5.18. The van der Waals surface area contributed by atoms with Crippen LogP contribution in [0, 0.1) is 18.8 Å². The number of methoxy groups -OCH3 is 1. The molecule has 0 bridgehead atoms. The number of ether oxygens (including phenoxy) is 2. The van der Waals surface area contributed by atoms with Gasteiger partial charge in [-0.15, -0.1) is 0 Å². The van der Waals surface area contributed by atoms with Gasteiger partial charge in [0.2, 0.25) is 17.7 Å². The number of carbonyl (C=O) groups excluding carboxylic acids is 3. The lowest BCUT2D eigenvalue weighted by atomic mass is 9.90. The van der Waals surface area contributed by atoms with Crippen LogP contribution in [-0.2, 0) is 43.1 Å². The minimum absolute atomic E-state index is 0.0955. The third kappa shape index (κ3) is 8.26. The van der Waals surface area contributed by atoms with Crippen molar-refractivity contribution in [2.24, 2.45) is 18.9 Å². The Bertz CT molecular complexity index is 2640. The van der Waals surface area contributed by atoms with Crippen LogP contribution in [0.2, 0.25) is 0 Å². The molecule has 0 saturated carbocycles. The molecule has 0 radical (unpaired) electrons. The van der Waals surface area contributed by atoms with E-state index in [0.29, 0.717) is 80.0 Å². The van der Waals surface area contributed by atoms with Crippen LogP contribution in [0.4, 0.5) is 20.3 Å². The number of aromatic nitrogens is 5. The minimum atomic E-state index is -2.93. The lowest BCUT2D eigenvalue weighted by Gasteiger charge is -2.41. The molecule has 0 aliphatic carbocycles. The van der Waals surface area contributed by atoms with E-state index in [2.05, 4.69) is 20.5 Å². The van der Waals surface area contributed by atoms with Crippen molar-refractivity contribution < 1.29 is 32.6 Å². The van der Waals surface area contributed by atoms with Gasteiger partial charge in [-0.1, -0.05) is 0 Å². The molecule has 4 aromatic heterocycles. The average molecular weight is 868 g/mol. The van der Waals surface area contributed by atoms with Gasteiger partial charge >= 0.3 is 5.69 Å². The monoisotopic (exact) mass is 867 g/mol. The second-order valence-corrected chi connectivity index (χ2v) is 18.0. The fourth-order valence-electron chi connectivity index (χ4n) is 10.2. The number of piperidine rings is 2. The summed E-state index contributed by atoms with van der Waals surface area (Å²) in [6.07, 6.45) is 7.39. The number of nitrogens with one attached hydrogen (secondary N) is 2. The maximum Gasteiger partial charge on any atom is 0.329 e. The van der Waals surface area contributed by atoms with E-state index in [1.807, 2.05) is 52.9 Å². The third-order valence-electron chi connectivity index (χ3n) is 13.7. The number of halogens is 2. The molecule has 4 aliphatic rings. The average Bonchev–Trinajstić information content (AvgIpc) is 3.91. The van der Waals surface area contributed by atoms with E-state index in [-0.39, 0.29) is 42.9 Å². The highest BCUT2D eigenvalue weighted by atomic mass is 19.3. The molecule has 63 heavy (non-hydrogen) atoms. The molecule has 1 aromatic carbocycles. The Kier molecular flexibility index (Phi) is 11.5. The first kappa shape index (κ1) is 42.8. The van der Waals surface area contributed by atoms with Gasteiger partial charge in [0.05, 0.1) is 47.3 Å². The van der Waals surface area contributed by atoms with Gasteiger partial charge in [0.15, 0.2) is 0 Å². The highest BCUT2D eigenvalue weighted by molar-refractivity contribution is 5.99. The van der Waals surface area contributed by atoms with Crippen molar-refractivity contribution in [3.63, 3.8) is 0 Å². The Morgan fingerprint density at radius 1 is 1.02 bits per heavy atom. The molecule has 4 aliphatic heterocycles. The van der Waals surface area contributed by atoms with E-state index in [1.54, 1.807) is 31.0 Å². The first-order valence-electron chi connectivity index (χ1n) is 22.0. The normalized spacial score (nSPS) is 23.7. The highest BCUT2D eigenvalue weighted by Gasteiger charge is 2.45. The van der Waals surface area contributed by atoms with Crippen molar-refractivity contribution in [3.05, 3.63) is 70.5 Å². The van der Waals surface area contributed by atoms with Crippen LogP contribution >= 0.6 is 0 Å². The number of pyridine rings is 2. The summed E-state index contributed by atoms with van der Waals surface area (Å²) < 4.78 is 49.2. The van der Waals surface area contributed by atoms with E-state index >= 15 is 8.78 Å². The van der Waals surface area contributed by atoms with Crippen molar-refractivity contribution in [1.29, 1.82) is 0 Å². The number of alkyl halides is 2. The second-order valence-electron chi connectivity index (χ2n) is 18.0. The highest BCUT2D eigenvalue weighted by Crippen LogP contribution is 2.40. The van der Waals surface area contributed by atoms with Crippen molar-refractivity contribution >= 4 is 51.2 Å². The van der Waals surface area contributed by atoms with E-state index in [9.17, 15) is 19.2 Å². The van der Waals surface area contributed by atoms with E-state index < -0.39 is 29.4 Å². The van der Waals surface area contributed by atoms with Gasteiger partial charge < -0.3 is 24.3 Å². The van der Waals surface area contributed by atoms with Crippen LogP contribution in [0.3, 0.4) is 0 Å². The number of nitrogens with zero attached hydrogens (tertiary/aromatic N) is 7. The molecule has 15 nitrogen and oxygen atoms in total. The van der Waals surface area contributed by atoms with Crippen molar-refractivity contribution in [2.75, 3.05) is 63.3 Å². The number of carbonyl (C=O) groups is 3. The van der Waals surface area contributed by atoms with Gasteiger partial charge in [-0.3, -0.25) is 33.7 Å². The first-order valence-corrected chi connectivity index (χ1v) is 22.0. The summed E-state index contributed by atoms with van der Waals surface area (Å²) in [4.78, 5) is 63.9. The molecule has 2 N–H and O–H groups in total. The van der Waals surface area contributed by atoms with Crippen LogP contribution in [0.1, 0.15) is 69.2 Å². The maximum atomic E-state index is 16.3. The lowest BCUT2D eigenvalue weighted by Crippen LogP contribution is -2.51. The molecule has 0 spiro atoms. The number of imide groups is 1. The molecule has 9 rings (SSSR count). The summed E-state index contributed by atoms with van der Waals surface area (Å²) in [5.74, 6) is -4.24. The molecule has 334 valence electrons. The molecule has 2 unspecified atom stereocenters. The fourth-order valence-corrected chi connectivity index (χ4v) is 10.2. The molecular formula is C46H55F2N9O6. The lowest BCUT2D eigenvalue weighted by molar-refractivity contribution is -0.131. The van der Waals surface area contributed by atoms with E-state index in [1.165, 1.54) is 11.5 Å². The number of amides is 3. The Morgan fingerprint density at radius 2 is 1.83 bits per heavy atom. The molecule has 4 fully saturated rings. The Morgan fingerprint density at radius 3 is 2.56 bits per heavy atom. The number of benzene rings is 1. The fraction of sp³-hybridized carbons (Fsp3) is 0.522. The van der Waals surface area contributed by atoms with Crippen LogP contribution in [0.25, 0.3) is 33.2 Å². The smallest absolute Gasteiger partial charge is 0.329 e. The predicted molar refractivity (Wildman–Crippen MR) is 234 cm³/mol. The Labute approximate surface area is 363 Å². The quantitative estimate of drug-likeness (QED) is 0.171. The predicted octanol–water partition coefficient (Wildman–Crippen LogP) is 5.52. The first-order chi connectivity index (χ1) is 30.2. The molecule has 3 atom stereocenters. The molecule has 8 heterocycles. The summed E-state index contributed by atoms with van der Waals surface area (Å²) >= 11 is 0. The zero-order valence-electron chi connectivity index (χ0n) is 36.3. The van der Waals surface area contributed by atoms with E-state index in [4.69, 9.17) is 14.5 Å². The zero-order valence-corrected chi connectivity index (χ0v) is 36.3. The Hall–Kier alpha value is -5.52. The number of fused-ring (bicyclic) bond motifs is 2. The molecule has 5 aromatic rings. The zero-order chi connectivity index (χ0) is 44.2. The van der Waals surface area contributed by atoms with Crippen LogP contribution < -0.4 is 21.2 Å². The number of rotatable bonds is 10. The van der Waals surface area contributed by atoms with Crippen LogP contribution in [-0.4, -0.2) is 105 Å². The third-order valence-corrected chi connectivity index (χ3v) is 13.7. The summed E-state index contributed by atoms with van der Waals surface area (Å²) in [5, 5.41) is 5.93. The Balaban J connectivity index is 0.872. The second kappa shape index (κ2) is 16.9. The van der Waals surface area contributed by atoms with Crippen LogP contribution in [0.5, 0.6) is 0 Å². The van der Waals surface area contributed by atoms with Crippen LogP contribution in [0.15, 0.2) is 53.6 Å². The number of likely N-dealkylation sites (tertiary alicyclic amines) is 1. The van der Waals surface area contributed by atoms with E-state index in [0.717, 1.165) is 53.8 Å². The SMILES string of the molecule is CO[C@@]1(c2cc(C)cc(-c3cn(CC4CCN(CC5CCN(c6ccc7c(c6)n(C)c(=O)n7C6CCCC(=O)NC6=O)CC5)CC4(F)F)c4cnc(NC(C)=O)cc34)n2)CCOC1. The van der Waals surface area contributed by atoms with Gasteiger partial charge in [-0.2, -0.15) is 0 Å². The largest absolute Gasteiger partial charge is 0.378 e. The number of hydrogen-bond acceptors (Lipinski definition) is 10. The molecule has 4 saturated heterocycles. The molecule has 3 amide bonds. The summed E-state index contributed by atoms with van der Waals surface area (Å²) in [6, 6.07) is 10.8. The number of aryl methyl sites for hydroxylation is 2. The van der Waals surface area contributed by atoms with Crippen molar-refractivity contribution in [3.8, 4) is 11.3 Å². The van der Waals surface area contributed by atoms with Gasteiger partial charge in [0, 0.05) is 95.5 Å². The topological polar surface area (TPSA) is 158 Å². The molecular weight excluding hydrogens is 813 g/mol. The van der Waals surface area contributed by atoms with Gasteiger partial charge in [0.1, 0.15) is 17.5 Å². The minimum Gasteiger partial charge on any atom is -0.378 e. The molecule has 17 heteroatoms.